The number of fused-ring (bicyclic) bond motifs is 1. The molecule has 2 heterocycles. The lowest BCUT2D eigenvalue weighted by Gasteiger charge is -2.26. The highest BCUT2D eigenvalue weighted by Crippen LogP contribution is 2.29. The summed E-state index contributed by atoms with van der Waals surface area (Å²) < 4.78 is 11.9. The summed E-state index contributed by atoms with van der Waals surface area (Å²) in [4.78, 5) is 18.9. The molecule has 8 heteroatoms. The lowest BCUT2D eigenvalue weighted by molar-refractivity contribution is -0.113. The molecule has 1 fully saturated rings. The van der Waals surface area contributed by atoms with Crippen LogP contribution >= 0.6 is 23.1 Å². The first-order valence-corrected chi connectivity index (χ1v) is 10.4. The minimum atomic E-state index is -0.00364. The van der Waals surface area contributed by atoms with Crippen molar-refractivity contribution in [1.82, 2.24) is 9.88 Å². The van der Waals surface area contributed by atoms with E-state index in [0.29, 0.717) is 17.5 Å². The first-order chi connectivity index (χ1) is 12.2. The van der Waals surface area contributed by atoms with E-state index in [1.807, 2.05) is 25.1 Å². The topological polar surface area (TPSA) is 63.7 Å². The summed E-state index contributed by atoms with van der Waals surface area (Å²) >= 11 is 3.14. The molecule has 3 rings (SSSR count). The second kappa shape index (κ2) is 9.38. The van der Waals surface area contributed by atoms with Crippen molar-refractivity contribution in [2.24, 2.45) is 0 Å². The van der Waals surface area contributed by atoms with Crippen LogP contribution in [0.3, 0.4) is 0 Å². The Morgan fingerprint density at radius 2 is 2.28 bits per heavy atom. The van der Waals surface area contributed by atoms with Crippen molar-refractivity contribution in [3.63, 3.8) is 0 Å². The Kier molecular flexibility index (Phi) is 6.92. The van der Waals surface area contributed by atoms with Crippen LogP contribution in [0.4, 0.5) is 5.13 Å². The van der Waals surface area contributed by atoms with Gasteiger partial charge in [-0.25, -0.2) is 4.98 Å². The molecule has 1 saturated heterocycles. The van der Waals surface area contributed by atoms with Crippen molar-refractivity contribution < 1.29 is 14.3 Å². The molecule has 1 aliphatic rings. The molecule has 0 aliphatic carbocycles. The molecule has 6 nitrogen and oxygen atoms in total. The monoisotopic (exact) mass is 381 g/mol. The van der Waals surface area contributed by atoms with E-state index >= 15 is 0 Å². The van der Waals surface area contributed by atoms with Crippen LogP contribution in [0.5, 0.6) is 5.75 Å². The van der Waals surface area contributed by atoms with Gasteiger partial charge in [0.15, 0.2) is 5.13 Å². The van der Waals surface area contributed by atoms with Crippen molar-refractivity contribution in [3.8, 4) is 5.75 Å². The molecule has 1 aromatic carbocycles. The molecule has 1 N–H and O–H groups in total. The Hall–Kier alpha value is -1.35. The Bertz CT molecular complexity index is 702. The predicted molar refractivity (Wildman–Crippen MR) is 104 cm³/mol. The largest absolute Gasteiger partial charge is 0.494 e. The molecule has 0 atom stereocenters. The summed E-state index contributed by atoms with van der Waals surface area (Å²) in [5, 5.41) is 3.54. The van der Waals surface area contributed by atoms with Crippen molar-refractivity contribution >= 4 is 44.4 Å². The van der Waals surface area contributed by atoms with E-state index in [4.69, 9.17) is 9.47 Å². The predicted octanol–water partition coefficient (Wildman–Crippen LogP) is 2.70. The number of amides is 1. The molecule has 0 bridgehead atoms. The minimum Gasteiger partial charge on any atom is -0.494 e. The van der Waals surface area contributed by atoms with Gasteiger partial charge in [-0.2, -0.15) is 11.8 Å². The highest BCUT2D eigenvalue weighted by molar-refractivity contribution is 7.99. The maximum Gasteiger partial charge on any atom is 0.236 e. The zero-order valence-electron chi connectivity index (χ0n) is 14.3. The normalized spacial score (nSPS) is 15.4. The second-order valence-corrected chi connectivity index (χ2v) is 7.77. The number of anilines is 1. The van der Waals surface area contributed by atoms with Crippen LogP contribution in [0.15, 0.2) is 18.2 Å². The zero-order valence-corrected chi connectivity index (χ0v) is 16.0. The minimum absolute atomic E-state index is 0.00364. The third-order valence-electron chi connectivity index (χ3n) is 3.81. The van der Waals surface area contributed by atoms with E-state index in [9.17, 15) is 4.79 Å². The Labute approximate surface area is 155 Å². The van der Waals surface area contributed by atoms with E-state index in [1.54, 1.807) is 11.8 Å². The molecule has 0 radical (unpaired) electrons. The van der Waals surface area contributed by atoms with Gasteiger partial charge in [0.2, 0.25) is 5.91 Å². The van der Waals surface area contributed by atoms with E-state index < -0.39 is 0 Å². The maximum atomic E-state index is 12.1. The highest BCUT2D eigenvalue weighted by Gasteiger charge is 2.11. The van der Waals surface area contributed by atoms with Gasteiger partial charge in [0.25, 0.3) is 0 Å². The Morgan fingerprint density at radius 1 is 1.44 bits per heavy atom. The summed E-state index contributed by atoms with van der Waals surface area (Å²) in [5.41, 5.74) is 0.853. The molecule has 2 aromatic rings. The number of rotatable bonds is 8. The summed E-state index contributed by atoms with van der Waals surface area (Å²) in [6, 6.07) is 5.81. The van der Waals surface area contributed by atoms with Gasteiger partial charge < -0.3 is 14.8 Å². The van der Waals surface area contributed by atoms with Gasteiger partial charge in [-0.05, 0) is 19.1 Å². The molecule has 1 amide bonds. The van der Waals surface area contributed by atoms with Gasteiger partial charge in [0.1, 0.15) is 5.75 Å². The lowest BCUT2D eigenvalue weighted by atomic mass is 10.3. The number of carbonyl (C=O) groups is 1. The fourth-order valence-corrected chi connectivity index (χ4v) is 4.21. The van der Waals surface area contributed by atoms with Gasteiger partial charge >= 0.3 is 0 Å². The number of benzene rings is 1. The van der Waals surface area contributed by atoms with Crippen molar-refractivity contribution in [2.75, 3.05) is 56.3 Å². The molecule has 0 saturated carbocycles. The molecule has 136 valence electrons. The van der Waals surface area contributed by atoms with Crippen LogP contribution in [0.1, 0.15) is 6.92 Å². The summed E-state index contributed by atoms with van der Waals surface area (Å²) in [5.74, 6) is 2.20. The maximum absolute atomic E-state index is 12.1. The quantitative estimate of drug-likeness (QED) is 0.710. The van der Waals surface area contributed by atoms with Crippen LogP contribution in [-0.2, 0) is 9.53 Å². The average Bonchev–Trinajstić information content (AvgIpc) is 3.01. The van der Waals surface area contributed by atoms with Crippen LogP contribution in [0.2, 0.25) is 0 Å². The van der Waals surface area contributed by atoms with E-state index in [0.717, 1.165) is 54.6 Å². The number of thiazole rings is 1. The fourth-order valence-electron chi connectivity index (χ4n) is 2.56. The molecule has 1 aliphatic heterocycles. The molecule has 0 spiro atoms. The first kappa shape index (κ1) is 18.4. The van der Waals surface area contributed by atoms with E-state index in [1.165, 1.54) is 11.3 Å². The lowest BCUT2D eigenvalue weighted by Crippen LogP contribution is -2.37. The fraction of sp³-hybridized carbons (Fsp3) is 0.529. The number of morpholine rings is 1. The van der Waals surface area contributed by atoms with Gasteiger partial charge in [0.05, 0.1) is 35.8 Å². The number of hydrogen-bond donors (Lipinski definition) is 1. The SMILES string of the molecule is CCOc1ccc2sc(NC(=O)CSCCN3CCOCC3)nc2c1. The van der Waals surface area contributed by atoms with Gasteiger partial charge in [-0.1, -0.05) is 11.3 Å². The van der Waals surface area contributed by atoms with E-state index in [-0.39, 0.29) is 5.91 Å². The van der Waals surface area contributed by atoms with Gasteiger partial charge in [-0.3, -0.25) is 9.69 Å². The summed E-state index contributed by atoms with van der Waals surface area (Å²) in [6.07, 6.45) is 0. The van der Waals surface area contributed by atoms with Crippen molar-refractivity contribution in [2.45, 2.75) is 6.92 Å². The number of ether oxygens (including phenoxy) is 2. The average molecular weight is 382 g/mol. The third-order valence-corrected chi connectivity index (χ3v) is 5.69. The van der Waals surface area contributed by atoms with Crippen molar-refractivity contribution in [1.29, 1.82) is 0 Å². The van der Waals surface area contributed by atoms with Gasteiger partial charge in [0, 0.05) is 31.5 Å². The number of hydrogen-bond acceptors (Lipinski definition) is 7. The summed E-state index contributed by atoms with van der Waals surface area (Å²) in [7, 11) is 0. The number of nitrogens with one attached hydrogen (secondary N) is 1. The highest BCUT2D eigenvalue weighted by atomic mass is 32.2. The van der Waals surface area contributed by atoms with Gasteiger partial charge in [-0.15, -0.1) is 0 Å². The van der Waals surface area contributed by atoms with Crippen molar-refractivity contribution in [3.05, 3.63) is 18.2 Å². The van der Waals surface area contributed by atoms with Crippen LogP contribution in [0.25, 0.3) is 10.2 Å². The van der Waals surface area contributed by atoms with Crippen LogP contribution in [-0.4, -0.2) is 66.8 Å². The zero-order chi connectivity index (χ0) is 17.5. The third kappa shape index (κ3) is 5.57. The summed E-state index contributed by atoms with van der Waals surface area (Å²) in [6.45, 7) is 7.18. The number of aromatic nitrogens is 1. The Morgan fingerprint density at radius 3 is 3.08 bits per heavy atom. The first-order valence-electron chi connectivity index (χ1n) is 8.45. The standard InChI is InChI=1S/C17H23N3O3S2/c1-2-23-13-3-4-15-14(11-13)18-17(25-15)19-16(21)12-24-10-7-20-5-8-22-9-6-20/h3-4,11H,2,5-10,12H2,1H3,(H,18,19,21). The molecule has 1 aromatic heterocycles. The van der Waals surface area contributed by atoms with Crippen LogP contribution < -0.4 is 10.1 Å². The Balaban J connectivity index is 1.43. The number of nitrogens with zero attached hydrogens (tertiary/aromatic N) is 2. The number of carbonyl (C=O) groups excluding carboxylic acids is 1. The molecular formula is C17H23N3O3S2. The van der Waals surface area contributed by atoms with E-state index in [2.05, 4.69) is 15.2 Å². The molecule has 25 heavy (non-hydrogen) atoms. The smallest absolute Gasteiger partial charge is 0.236 e. The van der Waals surface area contributed by atoms with Crippen LogP contribution in [0, 0.1) is 0 Å². The number of thioether (sulfide) groups is 1. The molecular weight excluding hydrogens is 358 g/mol. The molecule has 0 unspecified atom stereocenters. The second-order valence-electron chi connectivity index (χ2n) is 5.64.